The Balaban J connectivity index is 0.00000180. The summed E-state index contributed by atoms with van der Waals surface area (Å²) in [5, 5.41) is 3.41. The van der Waals surface area contributed by atoms with Crippen molar-refractivity contribution in [1.82, 2.24) is 5.32 Å². The lowest BCUT2D eigenvalue weighted by molar-refractivity contribution is -0.129. The molecular formula is C13H18Cl2N2O2. The van der Waals surface area contributed by atoms with Gasteiger partial charge in [-0.2, -0.15) is 0 Å². The number of carbonyl (C=O) groups excluding carboxylic acids is 1. The fourth-order valence-corrected chi connectivity index (χ4v) is 2.26. The minimum Gasteiger partial charge on any atom is -0.496 e. The molecule has 0 bridgehead atoms. The number of ether oxygens (including phenoxy) is 1. The lowest BCUT2D eigenvalue weighted by Crippen LogP contribution is -2.58. The molecule has 3 N–H and O–H groups in total. The van der Waals surface area contributed by atoms with Crippen LogP contribution in [0.1, 0.15) is 24.8 Å². The van der Waals surface area contributed by atoms with Gasteiger partial charge in [0.1, 0.15) is 5.75 Å². The van der Waals surface area contributed by atoms with Crippen molar-refractivity contribution >= 4 is 29.9 Å². The molecule has 0 atom stereocenters. The Morgan fingerprint density at radius 1 is 1.53 bits per heavy atom. The van der Waals surface area contributed by atoms with Crippen LogP contribution in [0.4, 0.5) is 0 Å². The molecule has 0 unspecified atom stereocenters. The molecule has 0 aliphatic heterocycles. The van der Waals surface area contributed by atoms with Gasteiger partial charge < -0.3 is 15.8 Å². The van der Waals surface area contributed by atoms with Crippen LogP contribution >= 0.6 is 24.0 Å². The first-order valence-corrected chi connectivity index (χ1v) is 6.33. The van der Waals surface area contributed by atoms with Crippen LogP contribution in [0.5, 0.6) is 5.75 Å². The van der Waals surface area contributed by atoms with E-state index in [1.165, 1.54) is 0 Å². The summed E-state index contributed by atoms with van der Waals surface area (Å²) in [5.74, 6) is 0.554. The quantitative estimate of drug-likeness (QED) is 0.897. The van der Waals surface area contributed by atoms with E-state index in [2.05, 4.69) is 5.32 Å². The van der Waals surface area contributed by atoms with Gasteiger partial charge in [0.15, 0.2) is 0 Å². The van der Waals surface area contributed by atoms with Gasteiger partial charge in [0.05, 0.1) is 12.6 Å². The van der Waals surface area contributed by atoms with Crippen LogP contribution in [0.25, 0.3) is 0 Å². The minimum absolute atomic E-state index is 0. The maximum absolute atomic E-state index is 11.9. The lowest BCUT2D eigenvalue weighted by Gasteiger charge is -2.36. The maximum atomic E-state index is 11.9. The van der Waals surface area contributed by atoms with E-state index in [4.69, 9.17) is 22.1 Å². The summed E-state index contributed by atoms with van der Waals surface area (Å²) in [4.78, 5) is 11.9. The van der Waals surface area contributed by atoms with Gasteiger partial charge in [-0.15, -0.1) is 12.4 Å². The predicted octanol–water partition coefficient (Wildman–Crippen LogP) is 2.27. The number of hydrogen-bond donors (Lipinski definition) is 2. The number of amides is 1. The van der Waals surface area contributed by atoms with E-state index in [0.717, 1.165) is 24.8 Å². The molecule has 6 heteroatoms. The van der Waals surface area contributed by atoms with Crippen molar-refractivity contribution < 1.29 is 9.53 Å². The smallest absolute Gasteiger partial charge is 0.240 e. The number of rotatable bonds is 4. The Kier molecular flexibility index (Phi) is 5.47. The van der Waals surface area contributed by atoms with Crippen LogP contribution in [-0.2, 0) is 11.3 Å². The third-order valence-corrected chi connectivity index (χ3v) is 3.77. The van der Waals surface area contributed by atoms with Crippen LogP contribution in [0.2, 0.25) is 5.02 Å². The zero-order chi connectivity index (χ0) is 13.2. The Hall–Kier alpha value is -0.970. The van der Waals surface area contributed by atoms with Gasteiger partial charge in [0, 0.05) is 17.1 Å². The molecule has 1 aliphatic carbocycles. The van der Waals surface area contributed by atoms with E-state index in [1.54, 1.807) is 13.2 Å². The number of methoxy groups -OCH3 is 1. The zero-order valence-electron chi connectivity index (χ0n) is 10.7. The average molecular weight is 305 g/mol. The van der Waals surface area contributed by atoms with Crippen LogP contribution in [-0.4, -0.2) is 18.6 Å². The molecule has 19 heavy (non-hydrogen) atoms. The molecule has 2 rings (SSSR count). The number of nitrogens with two attached hydrogens (primary N) is 1. The first-order valence-electron chi connectivity index (χ1n) is 5.95. The van der Waals surface area contributed by atoms with Crippen LogP contribution in [0.15, 0.2) is 18.2 Å². The van der Waals surface area contributed by atoms with Gasteiger partial charge in [-0.1, -0.05) is 17.7 Å². The predicted molar refractivity (Wildman–Crippen MR) is 77.9 cm³/mol. The second-order valence-electron chi connectivity index (χ2n) is 4.61. The largest absolute Gasteiger partial charge is 0.496 e. The van der Waals surface area contributed by atoms with Crippen LogP contribution in [0.3, 0.4) is 0 Å². The average Bonchev–Trinajstić information content (AvgIpc) is 2.33. The molecule has 0 saturated heterocycles. The Morgan fingerprint density at radius 2 is 2.21 bits per heavy atom. The van der Waals surface area contributed by atoms with Crippen LogP contribution < -0.4 is 15.8 Å². The summed E-state index contributed by atoms with van der Waals surface area (Å²) >= 11 is 6.09. The van der Waals surface area contributed by atoms with Gasteiger partial charge >= 0.3 is 0 Å². The van der Waals surface area contributed by atoms with Gasteiger partial charge in [-0.3, -0.25) is 4.79 Å². The molecular weight excluding hydrogens is 287 g/mol. The molecule has 1 aliphatic rings. The molecule has 0 aromatic heterocycles. The first-order chi connectivity index (χ1) is 8.57. The standard InChI is InChI=1S/C13H17ClN2O2.ClH/c1-18-11-5-2-4-10(14)9(11)8-16-12(17)13(15)6-3-7-13;/h2,4-5H,3,6-8,15H2,1H3,(H,16,17);1H. The highest BCUT2D eigenvalue weighted by molar-refractivity contribution is 6.31. The minimum atomic E-state index is -0.686. The normalized spacial score (nSPS) is 15.9. The Labute approximate surface area is 124 Å². The highest BCUT2D eigenvalue weighted by atomic mass is 35.5. The molecule has 1 fully saturated rings. The number of hydrogen-bond acceptors (Lipinski definition) is 3. The summed E-state index contributed by atoms with van der Waals surface area (Å²) in [7, 11) is 1.58. The number of halogens is 2. The summed E-state index contributed by atoms with van der Waals surface area (Å²) in [5.41, 5.74) is 6.03. The van der Waals surface area contributed by atoms with Crippen molar-refractivity contribution in [3.63, 3.8) is 0 Å². The topological polar surface area (TPSA) is 64.3 Å². The lowest BCUT2D eigenvalue weighted by atomic mass is 9.77. The Morgan fingerprint density at radius 3 is 2.74 bits per heavy atom. The van der Waals surface area contributed by atoms with E-state index in [9.17, 15) is 4.79 Å². The van der Waals surface area contributed by atoms with Gasteiger partial charge in [-0.25, -0.2) is 0 Å². The van der Waals surface area contributed by atoms with Crippen molar-refractivity contribution in [3.8, 4) is 5.75 Å². The summed E-state index contributed by atoms with van der Waals surface area (Å²) in [6, 6.07) is 5.39. The highest BCUT2D eigenvalue weighted by Crippen LogP contribution is 2.30. The van der Waals surface area contributed by atoms with E-state index < -0.39 is 5.54 Å². The molecule has 0 spiro atoms. The molecule has 1 amide bonds. The second-order valence-corrected chi connectivity index (χ2v) is 5.02. The molecule has 4 nitrogen and oxygen atoms in total. The Bertz CT molecular complexity index is 462. The molecule has 1 saturated carbocycles. The number of benzene rings is 1. The van der Waals surface area contributed by atoms with Gasteiger partial charge in [-0.05, 0) is 31.4 Å². The molecule has 1 aromatic carbocycles. The molecule has 106 valence electrons. The monoisotopic (exact) mass is 304 g/mol. The van der Waals surface area contributed by atoms with Crippen molar-refractivity contribution in [2.45, 2.75) is 31.3 Å². The van der Waals surface area contributed by atoms with Crippen molar-refractivity contribution in [1.29, 1.82) is 0 Å². The maximum Gasteiger partial charge on any atom is 0.240 e. The number of nitrogens with one attached hydrogen (secondary N) is 1. The van der Waals surface area contributed by atoms with E-state index in [1.807, 2.05) is 12.1 Å². The highest BCUT2D eigenvalue weighted by Gasteiger charge is 2.39. The van der Waals surface area contributed by atoms with Gasteiger partial charge in [0.25, 0.3) is 0 Å². The van der Waals surface area contributed by atoms with E-state index in [-0.39, 0.29) is 18.3 Å². The van der Waals surface area contributed by atoms with E-state index in [0.29, 0.717) is 17.3 Å². The fourth-order valence-electron chi connectivity index (χ4n) is 2.03. The fraction of sp³-hybridized carbons (Fsp3) is 0.462. The summed E-state index contributed by atoms with van der Waals surface area (Å²) in [6.45, 7) is 0.334. The SMILES string of the molecule is COc1cccc(Cl)c1CNC(=O)C1(N)CCC1.Cl. The molecule has 0 heterocycles. The van der Waals surface area contributed by atoms with Crippen molar-refractivity contribution in [3.05, 3.63) is 28.8 Å². The van der Waals surface area contributed by atoms with Crippen molar-refractivity contribution in [2.24, 2.45) is 5.73 Å². The molecule has 1 aromatic rings. The van der Waals surface area contributed by atoms with Crippen LogP contribution in [0, 0.1) is 0 Å². The third kappa shape index (κ3) is 3.32. The first kappa shape index (κ1) is 16.1. The van der Waals surface area contributed by atoms with E-state index >= 15 is 0 Å². The second kappa shape index (κ2) is 6.46. The molecule has 0 radical (unpaired) electrons. The number of carbonyl (C=O) groups is 1. The summed E-state index contributed by atoms with van der Waals surface area (Å²) < 4.78 is 5.22. The van der Waals surface area contributed by atoms with Crippen molar-refractivity contribution in [2.75, 3.05) is 7.11 Å². The summed E-state index contributed by atoms with van der Waals surface area (Å²) in [6.07, 6.45) is 2.51. The van der Waals surface area contributed by atoms with Gasteiger partial charge in [0.2, 0.25) is 5.91 Å². The third-order valence-electron chi connectivity index (χ3n) is 3.42. The zero-order valence-corrected chi connectivity index (χ0v) is 12.3.